The minimum Gasteiger partial charge on any atom is -0.522 e. The van der Waals surface area contributed by atoms with Gasteiger partial charge in [0.15, 0.2) is 5.90 Å². The highest BCUT2D eigenvalue weighted by molar-refractivity contribution is 6.64. The van der Waals surface area contributed by atoms with E-state index >= 15 is 0 Å². The molecule has 0 atom stereocenters. The van der Waals surface area contributed by atoms with Gasteiger partial charge in [0.25, 0.3) is 11.8 Å². The molecule has 0 bridgehead atoms. The summed E-state index contributed by atoms with van der Waals surface area (Å²) in [6.07, 6.45) is 0. The van der Waals surface area contributed by atoms with Crippen LogP contribution in [0, 0.1) is 13.8 Å². The predicted molar refractivity (Wildman–Crippen MR) is 117 cm³/mol. The molecular weight excluding hydrogens is 381 g/mol. The van der Waals surface area contributed by atoms with Gasteiger partial charge in [0.2, 0.25) is 0 Å². The minimum atomic E-state index is -1.12. The third kappa shape index (κ3) is 4.54. The Balaban J connectivity index is 1.90. The summed E-state index contributed by atoms with van der Waals surface area (Å²) < 4.78 is 5.17. The lowest BCUT2D eigenvalue weighted by Crippen LogP contribution is -2.56. The molecule has 1 aliphatic rings. The van der Waals surface area contributed by atoms with Gasteiger partial charge in [-0.2, -0.15) is 0 Å². The predicted octanol–water partition coefficient (Wildman–Crippen LogP) is 2.66. The summed E-state index contributed by atoms with van der Waals surface area (Å²) in [6, 6.07) is 10.3. The van der Waals surface area contributed by atoms with E-state index in [-0.39, 0.29) is 5.91 Å². The van der Waals surface area contributed by atoms with Crippen LogP contribution in [0.4, 0.5) is 5.69 Å². The number of carbonyl (C=O) groups is 2. The molecule has 0 radical (unpaired) electrons. The van der Waals surface area contributed by atoms with Crippen molar-refractivity contribution in [3.63, 3.8) is 0 Å². The Kier molecular flexibility index (Phi) is 5.72. The Labute approximate surface area is 176 Å². The van der Waals surface area contributed by atoms with Crippen molar-refractivity contribution < 1.29 is 19.3 Å². The molecule has 7 nitrogen and oxygen atoms in total. The number of nitrogens with zero attached hydrogens (tertiary/aromatic N) is 2. The number of benzene rings is 2. The van der Waals surface area contributed by atoms with Crippen LogP contribution in [-0.2, 0) is 4.65 Å². The second kappa shape index (κ2) is 7.95. The monoisotopic (exact) mass is 407 g/mol. The van der Waals surface area contributed by atoms with Crippen molar-refractivity contribution in [1.29, 1.82) is 0 Å². The van der Waals surface area contributed by atoms with Gasteiger partial charge >= 0.3 is 7.12 Å². The molecule has 2 aromatic carbocycles. The number of rotatable bonds is 2. The molecule has 156 valence electrons. The van der Waals surface area contributed by atoms with Crippen LogP contribution >= 0.6 is 0 Å². The molecule has 0 aromatic heterocycles. The molecule has 0 unspecified atom stereocenters. The zero-order chi connectivity index (χ0) is 22.2. The molecule has 0 spiro atoms. The SMILES string of the molecule is CC1=Nc2cc(C(=O)NN(C(=O)c3cc(C)cc(C)c3)C(C)(C)C)ccc2B(O)O1. The number of fused-ring (bicyclic) bond motifs is 1. The van der Waals surface area contributed by atoms with Crippen LogP contribution in [0.1, 0.15) is 59.5 Å². The molecule has 1 aliphatic heterocycles. The zero-order valence-electron chi connectivity index (χ0n) is 18.1. The van der Waals surface area contributed by atoms with Crippen LogP contribution in [0.25, 0.3) is 0 Å². The van der Waals surface area contributed by atoms with Gasteiger partial charge in [-0.25, -0.2) is 10.0 Å². The molecule has 0 aliphatic carbocycles. The fourth-order valence-corrected chi connectivity index (χ4v) is 3.33. The fourth-order valence-electron chi connectivity index (χ4n) is 3.33. The smallest absolute Gasteiger partial charge is 0.522 e. The van der Waals surface area contributed by atoms with Crippen molar-refractivity contribution in [1.82, 2.24) is 10.4 Å². The number of hydrazine groups is 1. The van der Waals surface area contributed by atoms with Crippen molar-refractivity contribution in [3.05, 3.63) is 58.7 Å². The lowest BCUT2D eigenvalue weighted by atomic mass is 9.77. The van der Waals surface area contributed by atoms with Gasteiger partial charge in [-0.05, 0) is 58.9 Å². The quantitative estimate of drug-likeness (QED) is 0.592. The van der Waals surface area contributed by atoms with Crippen molar-refractivity contribution in [2.45, 2.75) is 47.1 Å². The van der Waals surface area contributed by atoms with Crippen molar-refractivity contribution >= 4 is 36.0 Å². The van der Waals surface area contributed by atoms with Gasteiger partial charge in [-0.1, -0.05) is 23.3 Å². The summed E-state index contributed by atoms with van der Waals surface area (Å²) in [5, 5.41) is 11.3. The molecule has 0 fully saturated rings. The maximum atomic E-state index is 13.2. The first-order valence-corrected chi connectivity index (χ1v) is 9.73. The maximum absolute atomic E-state index is 13.2. The molecule has 0 saturated heterocycles. The summed E-state index contributed by atoms with van der Waals surface area (Å²) in [5.41, 5.74) is 5.81. The fraction of sp³-hybridized carbons (Fsp3) is 0.318. The zero-order valence-corrected chi connectivity index (χ0v) is 18.1. The largest absolute Gasteiger partial charge is 0.563 e. The number of carbonyl (C=O) groups excluding carboxylic acids is 2. The molecule has 2 aromatic rings. The summed E-state index contributed by atoms with van der Waals surface area (Å²) in [7, 11) is -1.12. The van der Waals surface area contributed by atoms with E-state index in [1.165, 1.54) is 5.01 Å². The van der Waals surface area contributed by atoms with E-state index in [9.17, 15) is 14.6 Å². The maximum Gasteiger partial charge on any atom is 0.563 e. The summed E-state index contributed by atoms with van der Waals surface area (Å²) in [5.74, 6) is -0.425. The van der Waals surface area contributed by atoms with Crippen LogP contribution in [0.2, 0.25) is 0 Å². The van der Waals surface area contributed by atoms with Gasteiger partial charge in [-0.15, -0.1) is 0 Å². The molecular formula is C22H26BN3O4. The molecule has 1 heterocycles. The number of hydrogen-bond donors (Lipinski definition) is 2. The first-order valence-electron chi connectivity index (χ1n) is 9.73. The lowest BCUT2D eigenvalue weighted by Gasteiger charge is -2.35. The number of nitrogens with one attached hydrogen (secondary N) is 1. The lowest BCUT2D eigenvalue weighted by molar-refractivity contribution is 0.0358. The Morgan fingerprint density at radius 2 is 1.67 bits per heavy atom. The van der Waals surface area contributed by atoms with E-state index < -0.39 is 18.6 Å². The number of aliphatic imine (C=N–C) groups is 1. The van der Waals surface area contributed by atoms with Crippen molar-refractivity contribution in [3.8, 4) is 0 Å². The van der Waals surface area contributed by atoms with Gasteiger partial charge < -0.3 is 9.68 Å². The summed E-state index contributed by atoms with van der Waals surface area (Å²) in [4.78, 5) is 30.4. The van der Waals surface area contributed by atoms with E-state index in [0.717, 1.165) is 11.1 Å². The average Bonchev–Trinajstić information content (AvgIpc) is 2.63. The van der Waals surface area contributed by atoms with E-state index in [1.807, 2.05) is 40.7 Å². The molecule has 30 heavy (non-hydrogen) atoms. The van der Waals surface area contributed by atoms with Gasteiger partial charge in [0.05, 0.1) is 11.2 Å². The minimum absolute atomic E-state index is 0.293. The van der Waals surface area contributed by atoms with Crippen molar-refractivity contribution in [2.24, 2.45) is 4.99 Å². The van der Waals surface area contributed by atoms with Crippen LogP contribution in [0.3, 0.4) is 0 Å². The van der Waals surface area contributed by atoms with Crippen molar-refractivity contribution in [2.75, 3.05) is 0 Å². The summed E-state index contributed by atoms with van der Waals surface area (Å²) >= 11 is 0. The van der Waals surface area contributed by atoms with Crippen LogP contribution < -0.4 is 10.9 Å². The number of aryl methyl sites for hydroxylation is 2. The Hall–Kier alpha value is -3.13. The standard InChI is InChI=1S/C22H26BN3O4/c1-13-9-14(2)11-17(10-13)21(28)26(22(4,5)6)25-20(27)16-7-8-18-19(12-16)24-15(3)30-23(18)29/h7-12,29H,1-6H3,(H,25,27). The van der Waals surface area contributed by atoms with E-state index in [4.69, 9.17) is 4.65 Å². The van der Waals surface area contributed by atoms with E-state index in [2.05, 4.69) is 10.4 Å². The highest BCUT2D eigenvalue weighted by atomic mass is 16.5. The topological polar surface area (TPSA) is 91.2 Å². The second-order valence-electron chi connectivity index (χ2n) is 8.50. The normalized spacial score (nSPS) is 13.2. The Bertz CT molecular complexity index is 1020. The Morgan fingerprint density at radius 3 is 2.27 bits per heavy atom. The number of hydrogen-bond acceptors (Lipinski definition) is 5. The number of amides is 2. The third-order valence-corrected chi connectivity index (χ3v) is 4.67. The van der Waals surface area contributed by atoms with Crippen LogP contribution in [0.5, 0.6) is 0 Å². The van der Waals surface area contributed by atoms with Crippen LogP contribution in [-0.4, -0.2) is 40.4 Å². The highest BCUT2D eigenvalue weighted by Crippen LogP contribution is 2.20. The van der Waals surface area contributed by atoms with E-state index in [0.29, 0.717) is 28.2 Å². The molecule has 2 amide bonds. The third-order valence-electron chi connectivity index (χ3n) is 4.67. The van der Waals surface area contributed by atoms with Gasteiger partial charge in [0, 0.05) is 23.5 Å². The van der Waals surface area contributed by atoms with E-state index in [1.54, 1.807) is 37.3 Å². The highest BCUT2D eigenvalue weighted by Gasteiger charge is 2.31. The van der Waals surface area contributed by atoms with Crippen LogP contribution in [0.15, 0.2) is 41.4 Å². The molecule has 2 N–H and O–H groups in total. The van der Waals surface area contributed by atoms with Gasteiger partial charge in [0.1, 0.15) is 0 Å². The second-order valence-corrected chi connectivity index (χ2v) is 8.50. The van der Waals surface area contributed by atoms with Gasteiger partial charge in [-0.3, -0.25) is 15.0 Å². The first-order chi connectivity index (χ1) is 14.0. The molecule has 8 heteroatoms. The average molecular weight is 407 g/mol. The summed E-state index contributed by atoms with van der Waals surface area (Å²) in [6.45, 7) is 11.0. The first kappa shape index (κ1) is 21.6. The molecule has 0 saturated carbocycles. The Morgan fingerprint density at radius 1 is 1.03 bits per heavy atom. The molecule has 3 rings (SSSR count).